The number of carbonyl (C=O) groups is 1. The number of fused-ring (bicyclic) bond motifs is 1. The standard InChI is InChI=1S/C20H22N4O2S2/c1-26-15-9-5-4-8-14(15)21-18(25)16-12-13-17(24-10-6-3-7-11-24)22-20(27-2)23-19(13)28-16/h4-5,8-9,12H,3,6-7,10-11H2,1-2H3,(H,21,25). The maximum Gasteiger partial charge on any atom is 0.265 e. The summed E-state index contributed by atoms with van der Waals surface area (Å²) in [5, 5.41) is 4.64. The van der Waals surface area contributed by atoms with E-state index in [1.165, 1.54) is 42.4 Å². The number of ether oxygens (including phenoxy) is 1. The first-order valence-electron chi connectivity index (χ1n) is 9.24. The molecule has 0 unspecified atom stereocenters. The molecule has 0 radical (unpaired) electrons. The Labute approximate surface area is 172 Å². The second-order valence-electron chi connectivity index (χ2n) is 6.57. The summed E-state index contributed by atoms with van der Waals surface area (Å²) in [5.41, 5.74) is 0.652. The maximum atomic E-state index is 12.9. The molecule has 0 spiro atoms. The molecule has 1 amide bonds. The molecule has 0 bridgehead atoms. The highest BCUT2D eigenvalue weighted by molar-refractivity contribution is 7.98. The fourth-order valence-electron chi connectivity index (χ4n) is 3.37. The Bertz CT molecular complexity index is 999. The van der Waals surface area contributed by atoms with Crippen LogP contribution >= 0.6 is 23.1 Å². The second kappa shape index (κ2) is 8.36. The Kier molecular flexibility index (Phi) is 5.68. The summed E-state index contributed by atoms with van der Waals surface area (Å²) in [6.07, 6.45) is 5.58. The van der Waals surface area contributed by atoms with E-state index in [2.05, 4.69) is 15.2 Å². The molecular weight excluding hydrogens is 392 g/mol. The maximum absolute atomic E-state index is 12.9. The lowest BCUT2D eigenvalue weighted by molar-refractivity contribution is 0.103. The smallest absolute Gasteiger partial charge is 0.265 e. The highest BCUT2D eigenvalue weighted by Gasteiger charge is 2.21. The number of nitrogens with zero attached hydrogens (tertiary/aromatic N) is 3. The van der Waals surface area contributed by atoms with Gasteiger partial charge in [0.25, 0.3) is 5.91 Å². The molecule has 146 valence electrons. The number of hydrogen-bond acceptors (Lipinski definition) is 7. The molecule has 1 aliphatic rings. The number of thiophene rings is 1. The van der Waals surface area contributed by atoms with E-state index >= 15 is 0 Å². The Hall–Kier alpha value is -2.32. The first kappa shape index (κ1) is 19.0. The lowest BCUT2D eigenvalue weighted by Crippen LogP contribution is -2.30. The van der Waals surface area contributed by atoms with Crippen molar-refractivity contribution in [1.29, 1.82) is 0 Å². The summed E-state index contributed by atoms with van der Waals surface area (Å²) < 4.78 is 5.33. The zero-order valence-corrected chi connectivity index (χ0v) is 17.5. The van der Waals surface area contributed by atoms with Crippen LogP contribution < -0.4 is 15.0 Å². The van der Waals surface area contributed by atoms with Crippen molar-refractivity contribution in [3.05, 3.63) is 35.2 Å². The van der Waals surface area contributed by atoms with Crippen LogP contribution in [0.3, 0.4) is 0 Å². The Morgan fingerprint density at radius 3 is 2.75 bits per heavy atom. The molecule has 4 rings (SSSR count). The molecule has 28 heavy (non-hydrogen) atoms. The second-order valence-corrected chi connectivity index (χ2v) is 8.37. The van der Waals surface area contributed by atoms with Crippen molar-refractivity contribution >= 4 is 50.7 Å². The average molecular weight is 415 g/mol. The SMILES string of the molecule is COc1ccccc1NC(=O)c1cc2c(N3CCCCC3)nc(SC)nc2s1. The van der Waals surface area contributed by atoms with Crippen LogP contribution in [0.2, 0.25) is 0 Å². The number of thioether (sulfide) groups is 1. The molecule has 1 N–H and O–H groups in total. The molecule has 1 aromatic carbocycles. The number of aromatic nitrogens is 2. The first-order chi connectivity index (χ1) is 13.7. The van der Waals surface area contributed by atoms with Gasteiger partial charge < -0.3 is 15.0 Å². The third kappa shape index (κ3) is 3.79. The number of piperidine rings is 1. The van der Waals surface area contributed by atoms with Crippen molar-refractivity contribution in [2.45, 2.75) is 24.4 Å². The minimum absolute atomic E-state index is 0.164. The van der Waals surface area contributed by atoms with Crippen LogP contribution in [0.15, 0.2) is 35.5 Å². The molecule has 6 nitrogen and oxygen atoms in total. The summed E-state index contributed by atoms with van der Waals surface area (Å²) in [6.45, 7) is 2.00. The van der Waals surface area contributed by atoms with Gasteiger partial charge in [0.1, 0.15) is 16.4 Å². The van der Waals surface area contributed by atoms with Gasteiger partial charge in [0, 0.05) is 13.1 Å². The third-order valence-electron chi connectivity index (χ3n) is 4.77. The van der Waals surface area contributed by atoms with Crippen LogP contribution in [0, 0.1) is 0 Å². The fourth-order valence-corrected chi connectivity index (χ4v) is 4.71. The number of anilines is 2. The molecule has 1 saturated heterocycles. The summed E-state index contributed by atoms with van der Waals surface area (Å²) in [5.74, 6) is 1.42. The van der Waals surface area contributed by atoms with Gasteiger partial charge in [-0.15, -0.1) is 11.3 Å². The lowest BCUT2D eigenvalue weighted by atomic mass is 10.1. The molecule has 8 heteroatoms. The number of nitrogens with one attached hydrogen (secondary N) is 1. The van der Waals surface area contributed by atoms with E-state index < -0.39 is 0 Å². The van der Waals surface area contributed by atoms with Crippen LogP contribution in [0.25, 0.3) is 10.2 Å². The molecule has 0 aliphatic carbocycles. The van der Waals surface area contributed by atoms with Gasteiger partial charge in [-0.2, -0.15) is 0 Å². The highest BCUT2D eigenvalue weighted by atomic mass is 32.2. The van der Waals surface area contributed by atoms with Crippen molar-refractivity contribution in [2.24, 2.45) is 0 Å². The van der Waals surface area contributed by atoms with Gasteiger partial charge in [0.15, 0.2) is 5.16 Å². The minimum Gasteiger partial charge on any atom is -0.495 e. The normalized spacial score (nSPS) is 14.3. The van der Waals surface area contributed by atoms with Crippen molar-refractivity contribution in [2.75, 3.05) is 36.7 Å². The van der Waals surface area contributed by atoms with Crippen molar-refractivity contribution in [1.82, 2.24) is 9.97 Å². The number of para-hydroxylation sites is 2. The quantitative estimate of drug-likeness (QED) is 0.484. The van der Waals surface area contributed by atoms with E-state index in [4.69, 9.17) is 9.72 Å². The van der Waals surface area contributed by atoms with E-state index in [0.717, 1.165) is 34.3 Å². The molecule has 0 saturated carbocycles. The highest BCUT2D eigenvalue weighted by Crippen LogP contribution is 2.34. The van der Waals surface area contributed by atoms with Gasteiger partial charge in [-0.3, -0.25) is 4.79 Å². The monoisotopic (exact) mass is 414 g/mol. The molecule has 1 fully saturated rings. The van der Waals surface area contributed by atoms with Gasteiger partial charge in [-0.25, -0.2) is 9.97 Å². The topological polar surface area (TPSA) is 67.3 Å². The number of rotatable bonds is 5. The van der Waals surface area contributed by atoms with E-state index in [9.17, 15) is 4.79 Å². The van der Waals surface area contributed by atoms with Crippen LogP contribution in [0.4, 0.5) is 11.5 Å². The van der Waals surface area contributed by atoms with Crippen molar-refractivity contribution in [3.63, 3.8) is 0 Å². The summed E-state index contributed by atoms with van der Waals surface area (Å²) in [4.78, 5) is 26.1. The Balaban J connectivity index is 1.69. The van der Waals surface area contributed by atoms with E-state index in [1.807, 2.05) is 36.6 Å². The van der Waals surface area contributed by atoms with Gasteiger partial charge in [0.2, 0.25) is 0 Å². The van der Waals surface area contributed by atoms with Gasteiger partial charge in [0.05, 0.1) is 23.1 Å². The molecule has 1 aliphatic heterocycles. The average Bonchev–Trinajstić information content (AvgIpc) is 3.18. The number of benzene rings is 1. The predicted molar refractivity (Wildman–Crippen MR) is 116 cm³/mol. The van der Waals surface area contributed by atoms with E-state index in [1.54, 1.807) is 7.11 Å². The minimum atomic E-state index is -0.164. The predicted octanol–water partition coefficient (Wildman–Crippen LogP) is 4.66. The van der Waals surface area contributed by atoms with E-state index in [0.29, 0.717) is 16.3 Å². The molecular formula is C20H22N4O2S2. The summed E-state index contributed by atoms with van der Waals surface area (Å²) in [7, 11) is 1.59. The lowest BCUT2D eigenvalue weighted by Gasteiger charge is -2.28. The number of methoxy groups -OCH3 is 1. The zero-order valence-electron chi connectivity index (χ0n) is 15.9. The Morgan fingerprint density at radius 1 is 1.21 bits per heavy atom. The summed E-state index contributed by atoms with van der Waals surface area (Å²) >= 11 is 2.93. The fraction of sp³-hybridized carbons (Fsp3) is 0.350. The van der Waals surface area contributed by atoms with Gasteiger partial charge in [-0.05, 0) is 43.7 Å². The molecule has 3 heterocycles. The molecule has 2 aromatic heterocycles. The Morgan fingerprint density at radius 2 is 2.00 bits per heavy atom. The van der Waals surface area contributed by atoms with E-state index in [-0.39, 0.29) is 5.91 Å². The number of hydrogen-bond donors (Lipinski definition) is 1. The first-order valence-corrected chi connectivity index (χ1v) is 11.3. The van der Waals surface area contributed by atoms with Crippen LogP contribution in [-0.2, 0) is 0 Å². The van der Waals surface area contributed by atoms with Gasteiger partial charge >= 0.3 is 0 Å². The van der Waals surface area contributed by atoms with Crippen molar-refractivity contribution in [3.8, 4) is 5.75 Å². The third-order valence-corrected chi connectivity index (χ3v) is 6.34. The zero-order chi connectivity index (χ0) is 19.5. The molecule has 3 aromatic rings. The van der Waals surface area contributed by atoms with Crippen LogP contribution in [0.1, 0.15) is 28.9 Å². The van der Waals surface area contributed by atoms with Crippen LogP contribution in [0.5, 0.6) is 5.75 Å². The summed E-state index contributed by atoms with van der Waals surface area (Å²) in [6, 6.07) is 9.31. The van der Waals surface area contributed by atoms with Crippen LogP contribution in [-0.4, -0.2) is 42.3 Å². The largest absolute Gasteiger partial charge is 0.495 e. The number of amides is 1. The van der Waals surface area contributed by atoms with Crippen molar-refractivity contribution < 1.29 is 9.53 Å². The molecule has 0 atom stereocenters. The van der Waals surface area contributed by atoms with Gasteiger partial charge in [-0.1, -0.05) is 23.9 Å². The number of carbonyl (C=O) groups excluding carboxylic acids is 1.